The average Bonchev–Trinajstić information content (AvgIpc) is 3.68. The number of carbonyl (C=O) groups is 1. The molecule has 0 bridgehead atoms. The van der Waals surface area contributed by atoms with Crippen molar-refractivity contribution in [2.45, 2.75) is 13.1 Å². The number of nitrogens with one attached hydrogen (secondary N) is 1. The van der Waals surface area contributed by atoms with Crippen LogP contribution in [0.3, 0.4) is 0 Å². The third-order valence-corrected chi connectivity index (χ3v) is 6.45. The van der Waals surface area contributed by atoms with E-state index in [2.05, 4.69) is 15.4 Å². The maximum atomic E-state index is 15.9. The molecule has 5 aromatic heterocycles. The normalized spacial score (nSPS) is 11.1. The minimum absolute atomic E-state index is 0.00332. The molecule has 0 radical (unpaired) electrons. The maximum Gasteiger partial charge on any atom is 0.283 e. The minimum atomic E-state index is -0.904. The molecule has 184 valence electrons. The van der Waals surface area contributed by atoms with Crippen molar-refractivity contribution in [2.75, 3.05) is 12.4 Å². The highest BCUT2D eigenvalue weighted by atomic mass is 35.5. The lowest BCUT2D eigenvalue weighted by Crippen LogP contribution is -2.23. The Morgan fingerprint density at radius 2 is 2.14 bits per heavy atom. The molecule has 0 aliphatic carbocycles. The summed E-state index contributed by atoms with van der Waals surface area (Å²) in [6, 6.07) is 6.41. The zero-order chi connectivity index (χ0) is 25.2. The van der Waals surface area contributed by atoms with E-state index in [4.69, 9.17) is 25.2 Å². The molecule has 0 fully saturated rings. The van der Waals surface area contributed by atoms with Gasteiger partial charge in [0.2, 0.25) is 5.89 Å². The SMILES string of the molecule is COc1ccn(Cc2ncco2)c(=O)c1-c1nn(C(=O)c2ccoc2)c(NCc2ccc(Cl)s2)c1F. The first-order valence-electron chi connectivity index (χ1n) is 10.5. The number of methoxy groups -OCH3 is 1. The van der Waals surface area contributed by atoms with E-state index in [1.54, 1.807) is 12.1 Å². The van der Waals surface area contributed by atoms with Crippen LogP contribution in [-0.4, -0.2) is 32.3 Å². The quantitative estimate of drug-likeness (QED) is 0.312. The van der Waals surface area contributed by atoms with Crippen LogP contribution in [0.25, 0.3) is 11.3 Å². The molecular formula is C23H17ClFN5O5S. The monoisotopic (exact) mass is 529 g/mol. The first-order chi connectivity index (χ1) is 17.5. The highest BCUT2D eigenvalue weighted by Crippen LogP contribution is 2.32. The van der Waals surface area contributed by atoms with Crippen molar-refractivity contribution in [1.82, 2.24) is 19.3 Å². The zero-order valence-electron chi connectivity index (χ0n) is 18.6. The summed E-state index contributed by atoms with van der Waals surface area (Å²) in [6.07, 6.45) is 6.84. The van der Waals surface area contributed by atoms with Crippen molar-refractivity contribution in [3.8, 4) is 17.0 Å². The van der Waals surface area contributed by atoms with Crippen molar-refractivity contribution in [1.29, 1.82) is 0 Å². The van der Waals surface area contributed by atoms with E-state index in [0.717, 1.165) is 9.56 Å². The summed E-state index contributed by atoms with van der Waals surface area (Å²) in [5, 5.41) is 7.10. The Morgan fingerprint density at radius 3 is 2.81 bits per heavy atom. The summed E-state index contributed by atoms with van der Waals surface area (Å²) in [5.41, 5.74) is -0.983. The Balaban J connectivity index is 1.62. The molecule has 5 heterocycles. The predicted molar refractivity (Wildman–Crippen MR) is 129 cm³/mol. The second kappa shape index (κ2) is 9.84. The van der Waals surface area contributed by atoms with E-state index in [1.165, 1.54) is 66.3 Å². The standard InChI is InChI=1S/C23H17ClFN5O5S/c1-33-15-4-7-29(11-17-26-6-9-35-17)23(32)18(15)20-19(25)21(27-10-14-2-3-16(24)36-14)30(28-20)22(31)13-5-8-34-12-13/h2-9,12,27H,10-11H2,1H3. The third kappa shape index (κ3) is 4.43. The van der Waals surface area contributed by atoms with E-state index in [0.29, 0.717) is 4.34 Å². The van der Waals surface area contributed by atoms with Gasteiger partial charge in [0.05, 0.1) is 36.0 Å². The third-order valence-electron chi connectivity index (χ3n) is 5.22. The van der Waals surface area contributed by atoms with Crippen LogP contribution in [0.15, 0.2) is 69.1 Å². The smallest absolute Gasteiger partial charge is 0.283 e. The predicted octanol–water partition coefficient (Wildman–Crippen LogP) is 4.50. The number of thiophene rings is 1. The molecule has 0 spiro atoms. The summed E-state index contributed by atoms with van der Waals surface area (Å²) in [6.45, 7) is 0.168. The van der Waals surface area contributed by atoms with Crippen LogP contribution in [0.4, 0.5) is 10.2 Å². The molecule has 10 nitrogen and oxygen atoms in total. The van der Waals surface area contributed by atoms with Crippen LogP contribution in [0.2, 0.25) is 4.34 Å². The largest absolute Gasteiger partial charge is 0.496 e. The van der Waals surface area contributed by atoms with Gasteiger partial charge < -0.3 is 23.5 Å². The number of hydrogen-bond donors (Lipinski definition) is 1. The summed E-state index contributed by atoms with van der Waals surface area (Å²) >= 11 is 7.30. The number of rotatable bonds is 8. The van der Waals surface area contributed by atoms with Gasteiger partial charge in [0.25, 0.3) is 11.5 Å². The van der Waals surface area contributed by atoms with Crippen molar-refractivity contribution in [3.05, 3.63) is 92.3 Å². The van der Waals surface area contributed by atoms with E-state index >= 15 is 4.39 Å². The van der Waals surface area contributed by atoms with Crippen LogP contribution < -0.4 is 15.6 Å². The van der Waals surface area contributed by atoms with E-state index < -0.39 is 17.3 Å². The van der Waals surface area contributed by atoms with Crippen LogP contribution in [-0.2, 0) is 13.1 Å². The average molecular weight is 530 g/mol. The van der Waals surface area contributed by atoms with Crippen molar-refractivity contribution in [3.63, 3.8) is 0 Å². The van der Waals surface area contributed by atoms with E-state index in [-0.39, 0.29) is 47.4 Å². The fourth-order valence-corrected chi connectivity index (χ4v) is 4.56. The van der Waals surface area contributed by atoms with Gasteiger partial charge in [-0.3, -0.25) is 9.59 Å². The van der Waals surface area contributed by atoms with Gasteiger partial charge in [0.1, 0.15) is 36.1 Å². The number of halogens is 2. The Labute approximate surface area is 211 Å². The van der Waals surface area contributed by atoms with Crippen LogP contribution >= 0.6 is 22.9 Å². The number of hydrogen-bond acceptors (Lipinski definition) is 9. The fraction of sp³-hybridized carbons (Fsp3) is 0.130. The van der Waals surface area contributed by atoms with Crippen molar-refractivity contribution >= 4 is 34.7 Å². The highest BCUT2D eigenvalue weighted by molar-refractivity contribution is 7.16. The number of ether oxygens (including phenoxy) is 1. The van der Waals surface area contributed by atoms with Crippen LogP contribution in [0, 0.1) is 5.82 Å². The van der Waals surface area contributed by atoms with Gasteiger partial charge in [-0.2, -0.15) is 9.78 Å². The van der Waals surface area contributed by atoms with Gasteiger partial charge in [0, 0.05) is 11.1 Å². The molecule has 0 unspecified atom stereocenters. The van der Waals surface area contributed by atoms with Gasteiger partial charge >= 0.3 is 0 Å². The Kier molecular flexibility index (Phi) is 6.44. The fourth-order valence-electron chi connectivity index (χ4n) is 3.53. The number of oxazole rings is 1. The Hall–Kier alpha value is -4.16. The number of carbonyl (C=O) groups excluding carboxylic acids is 1. The topological polar surface area (TPSA) is 117 Å². The molecule has 1 N–H and O–H groups in total. The molecule has 0 aromatic carbocycles. The summed E-state index contributed by atoms with van der Waals surface area (Å²) in [5.74, 6) is -1.43. The molecule has 0 aliphatic rings. The zero-order valence-corrected chi connectivity index (χ0v) is 20.2. The number of nitrogens with zero attached hydrogens (tertiary/aromatic N) is 4. The number of pyridine rings is 1. The van der Waals surface area contributed by atoms with Gasteiger partial charge in [-0.15, -0.1) is 11.3 Å². The molecule has 0 saturated carbocycles. The van der Waals surface area contributed by atoms with Gasteiger partial charge in [-0.1, -0.05) is 11.6 Å². The molecular weight excluding hydrogens is 513 g/mol. The van der Waals surface area contributed by atoms with E-state index in [9.17, 15) is 9.59 Å². The molecule has 13 heteroatoms. The second-order valence-corrected chi connectivity index (χ2v) is 9.22. The molecule has 0 amide bonds. The van der Waals surface area contributed by atoms with Gasteiger partial charge in [-0.05, 0) is 24.3 Å². The highest BCUT2D eigenvalue weighted by Gasteiger charge is 2.28. The van der Waals surface area contributed by atoms with Gasteiger partial charge in [0.15, 0.2) is 11.6 Å². The summed E-state index contributed by atoms with van der Waals surface area (Å²) in [4.78, 5) is 31.3. The molecule has 0 atom stereocenters. The molecule has 0 aliphatic heterocycles. The first-order valence-corrected chi connectivity index (χ1v) is 11.7. The molecule has 36 heavy (non-hydrogen) atoms. The molecule has 5 aromatic rings. The maximum absolute atomic E-state index is 15.9. The van der Waals surface area contributed by atoms with Gasteiger partial charge in [-0.25, -0.2) is 9.37 Å². The van der Waals surface area contributed by atoms with Crippen LogP contribution in [0.5, 0.6) is 5.75 Å². The second-order valence-electron chi connectivity index (χ2n) is 7.42. The van der Waals surface area contributed by atoms with Crippen molar-refractivity contribution < 1.29 is 22.8 Å². The number of furan rings is 1. The Morgan fingerprint density at radius 1 is 1.28 bits per heavy atom. The molecule has 5 rings (SSSR count). The van der Waals surface area contributed by atoms with Crippen molar-refractivity contribution in [2.24, 2.45) is 0 Å². The Bertz CT molecular complexity index is 1570. The first kappa shape index (κ1) is 23.6. The summed E-state index contributed by atoms with van der Waals surface area (Å²) < 4.78 is 34.2. The number of aromatic nitrogens is 4. The lowest BCUT2D eigenvalue weighted by molar-refractivity contribution is 0.0947. The lowest BCUT2D eigenvalue weighted by Gasteiger charge is -2.09. The molecule has 0 saturated heterocycles. The number of anilines is 1. The minimum Gasteiger partial charge on any atom is -0.496 e. The summed E-state index contributed by atoms with van der Waals surface area (Å²) in [7, 11) is 1.35. The lowest BCUT2D eigenvalue weighted by atomic mass is 10.1. The van der Waals surface area contributed by atoms with Crippen LogP contribution in [0.1, 0.15) is 21.1 Å². The van der Waals surface area contributed by atoms with E-state index in [1.807, 2.05) is 0 Å².